The third kappa shape index (κ3) is 6.42. The number of anilines is 1. The molecule has 0 aliphatic rings. The van der Waals surface area contributed by atoms with Crippen LogP contribution in [0.1, 0.15) is 30.2 Å². The minimum absolute atomic E-state index is 0.143. The van der Waals surface area contributed by atoms with E-state index in [0.29, 0.717) is 42.3 Å². The maximum absolute atomic E-state index is 14.0. The fourth-order valence-corrected chi connectivity index (χ4v) is 6.69. The van der Waals surface area contributed by atoms with E-state index in [1.165, 1.54) is 0 Å². The van der Waals surface area contributed by atoms with E-state index in [1.807, 2.05) is 85.3 Å². The standard InChI is InChI=1S/C36H39N9O3Si/c1-23-15-16-44-31(23)36(46)45(28-13-8-7-9-14-28)33(42-44)24(2)39-32-30-29(26-11-10-12-27(19-26)35-41-40-25(3)48-35)20-43(34(30)38-21-37-32)22-47-17-18-49(4,5)6/h7-16,19-21,24H,17-18,22H2,1-6H3,(H,37,38,39). The van der Waals surface area contributed by atoms with Crippen LogP contribution in [0.2, 0.25) is 25.7 Å². The lowest BCUT2D eigenvalue weighted by molar-refractivity contribution is 0.0899. The van der Waals surface area contributed by atoms with Gasteiger partial charge in [-0.15, -0.1) is 10.2 Å². The van der Waals surface area contributed by atoms with E-state index in [4.69, 9.17) is 24.2 Å². The molecule has 5 aromatic heterocycles. The van der Waals surface area contributed by atoms with Gasteiger partial charge in [-0.25, -0.2) is 14.5 Å². The van der Waals surface area contributed by atoms with Gasteiger partial charge in [0.1, 0.15) is 30.0 Å². The fraction of sp³-hybridized carbons (Fsp3) is 0.278. The van der Waals surface area contributed by atoms with Crippen molar-refractivity contribution >= 4 is 30.4 Å². The Labute approximate surface area is 284 Å². The molecule has 0 fully saturated rings. The van der Waals surface area contributed by atoms with E-state index in [9.17, 15) is 4.79 Å². The Morgan fingerprint density at radius 1 is 0.980 bits per heavy atom. The van der Waals surface area contributed by atoms with Gasteiger partial charge in [0, 0.05) is 45.1 Å². The van der Waals surface area contributed by atoms with Gasteiger partial charge in [-0.05, 0) is 61.4 Å². The molecule has 49 heavy (non-hydrogen) atoms. The Kier molecular flexibility index (Phi) is 8.46. The van der Waals surface area contributed by atoms with Crippen molar-refractivity contribution in [3.63, 3.8) is 0 Å². The minimum Gasteiger partial charge on any atom is -0.421 e. The van der Waals surface area contributed by atoms with Crippen LogP contribution in [0.25, 0.3) is 44.8 Å². The maximum atomic E-state index is 14.0. The summed E-state index contributed by atoms with van der Waals surface area (Å²) < 4.78 is 17.3. The van der Waals surface area contributed by atoms with Gasteiger partial charge in [-0.1, -0.05) is 50.0 Å². The number of aryl methyl sites for hydroxylation is 2. The molecule has 0 aliphatic heterocycles. The number of nitrogens with zero attached hydrogens (tertiary/aromatic N) is 8. The molecule has 0 aliphatic carbocycles. The number of nitrogens with one attached hydrogen (secondary N) is 1. The average Bonchev–Trinajstić information content (AvgIpc) is 3.80. The van der Waals surface area contributed by atoms with Crippen molar-refractivity contribution in [1.82, 2.24) is 38.9 Å². The van der Waals surface area contributed by atoms with Gasteiger partial charge in [0.15, 0.2) is 5.82 Å². The van der Waals surface area contributed by atoms with Crippen molar-refractivity contribution in [2.45, 2.75) is 59.2 Å². The molecule has 0 bridgehead atoms. The zero-order valence-electron chi connectivity index (χ0n) is 28.5. The Morgan fingerprint density at radius 2 is 1.78 bits per heavy atom. The maximum Gasteiger partial charge on any atom is 0.282 e. The molecule has 0 saturated carbocycles. The number of hydrogen-bond acceptors (Lipinski definition) is 9. The molecular formula is C36H39N9O3Si. The molecule has 12 nitrogen and oxygen atoms in total. The summed E-state index contributed by atoms with van der Waals surface area (Å²) in [4.78, 5) is 23.5. The van der Waals surface area contributed by atoms with Crippen molar-refractivity contribution in [2.24, 2.45) is 0 Å². The van der Waals surface area contributed by atoms with E-state index in [1.54, 1.807) is 22.3 Å². The summed E-state index contributed by atoms with van der Waals surface area (Å²) in [5.74, 6) is 2.08. The summed E-state index contributed by atoms with van der Waals surface area (Å²) in [5.41, 5.74) is 5.34. The van der Waals surface area contributed by atoms with Crippen LogP contribution in [0.15, 0.2) is 88.6 Å². The zero-order chi connectivity index (χ0) is 34.3. The lowest BCUT2D eigenvalue weighted by atomic mass is 10.0. The highest BCUT2D eigenvalue weighted by Crippen LogP contribution is 2.36. The topological polar surface area (TPSA) is 130 Å². The second kappa shape index (κ2) is 12.9. The highest BCUT2D eigenvalue weighted by Gasteiger charge is 2.23. The predicted molar refractivity (Wildman–Crippen MR) is 193 cm³/mol. The quantitative estimate of drug-likeness (QED) is 0.113. The Morgan fingerprint density at radius 3 is 2.53 bits per heavy atom. The van der Waals surface area contributed by atoms with Gasteiger partial charge < -0.3 is 19.0 Å². The molecule has 1 N–H and O–H groups in total. The van der Waals surface area contributed by atoms with Gasteiger partial charge in [0.05, 0.1) is 17.1 Å². The Balaban J connectivity index is 1.34. The summed E-state index contributed by atoms with van der Waals surface area (Å²) >= 11 is 0. The fourth-order valence-electron chi connectivity index (χ4n) is 5.93. The van der Waals surface area contributed by atoms with Crippen LogP contribution in [0.5, 0.6) is 0 Å². The summed E-state index contributed by atoms with van der Waals surface area (Å²) in [6, 6.07) is 20.1. The summed E-state index contributed by atoms with van der Waals surface area (Å²) in [5, 5.41) is 17.6. The predicted octanol–water partition coefficient (Wildman–Crippen LogP) is 7.05. The van der Waals surface area contributed by atoms with Crippen LogP contribution in [0.3, 0.4) is 0 Å². The van der Waals surface area contributed by atoms with Crippen LogP contribution in [0, 0.1) is 13.8 Å². The normalized spacial score (nSPS) is 12.6. The second-order valence-corrected chi connectivity index (χ2v) is 19.1. The lowest BCUT2D eigenvalue weighted by Gasteiger charge is -2.20. The van der Waals surface area contributed by atoms with Gasteiger partial charge in [0.25, 0.3) is 5.56 Å². The number of aromatic nitrogens is 8. The number of hydrogen-bond donors (Lipinski definition) is 1. The number of rotatable bonds is 11. The SMILES string of the molecule is Cc1nnc(-c2cccc(-c3cn(COCC[Si](C)(C)C)c4ncnc(NC(C)c5nn6ccc(C)c6c(=O)n5-c5ccccc5)c34)c2)o1. The van der Waals surface area contributed by atoms with Gasteiger partial charge in [-0.3, -0.25) is 9.36 Å². The van der Waals surface area contributed by atoms with Gasteiger partial charge in [0.2, 0.25) is 11.8 Å². The van der Waals surface area contributed by atoms with Gasteiger partial charge >= 0.3 is 0 Å². The molecular weight excluding hydrogens is 635 g/mol. The highest BCUT2D eigenvalue weighted by molar-refractivity contribution is 6.76. The molecule has 13 heteroatoms. The monoisotopic (exact) mass is 673 g/mol. The van der Waals surface area contributed by atoms with E-state index in [-0.39, 0.29) is 5.56 Å². The molecule has 0 amide bonds. The van der Waals surface area contributed by atoms with E-state index >= 15 is 0 Å². The molecule has 0 saturated heterocycles. The number of benzene rings is 2. The first-order chi connectivity index (χ1) is 23.6. The van der Waals surface area contributed by atoms with E-state index in [0.717, 1.165) is 45.0 Å². The molecule has 250 valence electrons. The molecule has 2 aromatic carbocycles. The largest absolute Gasteiger partial charge is 0.421 e. The van der Waals surface area contributed by atoms with Gasteiger partial charge in [-0.2, -0.15) is 5.10 Å². The van der Waals surface area contributed by atoms with Crippen molar-refractivity contribution in [3.8, 4) is 28.3 Å². The Hall–Kier alpha value is -5.40. The van der Waals surface area contributed by atoms with E-state index < -0.39 is 14.1 Å². The zero-order valence-corrected chi connectivity index (χ0v) is 29.5. The lowest BCUT2D eigenvalue weighted by Crippen LogP contribution is -2.29. The molecule has 5 heterocycles. The molecule has 7 aromatic rings. The first kappa shape index (κ1) is 32.2. The van der Waals surface area contributed by atoms with Crippen LogP contribution in [-0.2, 0) is 11.5 Å². The number of ether oxygens (including phenoxy) is 1. The third-order valence-electron chi connectivity index (χ3n) is 8.50. The molecule has 7 rings (SSSR count). The molecule has 1 unspecified atom stereocenters. The van der Waals surface area contributed by atoms with Crippen LogP contribution in [-0.4, -0.2) is 53.6 Å². The molecule has 0 spiro atoms. The summed E-state index contributed by atoms with van der Waals surface area (Å²) in [7, 11) is -1.26. The third-order valence-corrected chi connectivity index (χ3v) is 10.2. The molecule has 0 radical (unpaired) electrons. The summed E-state index contributed by atoms with van der Waals surface area (Å²) in [6.45, 7) is 13.7. The number of fused-ring (bicyclic) bond motifs is 2. The minimum atomic E-state index is -1.26. The highest BCUT2D eigenvalue weighted by atomic mass is 28.3. The smallest absolute Gasteiger partial charge is 0.282 e. The van der Waals surface area contributed by atoms with Crippen LogP contribution >= 0.6 is 0 Å². The second-order valence-electron chi connectivity index (χ2n) is 13.5. The van der Waals surface area contributed by atoms with Crippen molar-refractivity contribution in [1.29, 1.82) is 0 Å². The first-order valence-electron chi connectivity index (χ1n) is 16.3. The van der Waals surface area contributed by atoms with Crippen LogP contribution < -0.4 is 10.9 Å². The molecule has 1 atom stereocenters. The Bertz CT molecular complexity index is 2330. The van der Waals surface area contributed by atoms with Crippen LogP contribution in [0.4, 0.5) is 5.82 Å². The average molecular weight is 674 g/mol. The summed E-state index contributed by atoms with van der Waals surface area (Å²) in [6.07, 6.45) is 5.42. The van der Waals surface area contributed by atoms with E-state index in [2.05, 4.69) is 41.4 Å². The van der Waals surface area contributed by atoms with Crippen molar-refractivity contribution in [2.75, 3.05) is 11.9 Å². The van der Waals surface area contributed by atoms with Crippen molar-refractivity contribution in [3.05, 3.63) is 107 Å². The first-order valence-corrected chi connectivity index (χ1v) is 20.0. The van der Waals surface area contributed by atoms with Crippen molar-refractivity contribution < 1.29 is 9.15 Å². The number of para-hydroxylation sites is 1.